The molecule has 0 fully saturated rings. The Morgan fingerprint density at radius 3 is 2.57 bits per heavy atom. The van der Waals surface area contributed by atoms with Crippen LogP contribution in [0, 0.1) is 10.1 Å². The third-order valence-electron chi connectivity index (χ3n) is 3.80. The Labute approximate surface area is 190 Å². The van der Waals surface area contributed by atoms with Crippen molar-refractivity contribution in [1.29, 1.82) is 0 Å². The number of esters is 1. The first-order valence-corrected chi connectivity index (χ1v) is 11.4. The number of non-ortho nitro benzene ring substituents is 1. The first-order chi connectivity index (χ1) is 14.2. The number of benzene rings is 1. The smallest absolute Gasteiger partial charge is 0.329 e. The zero-order valence-electron chi connectivity index (χ0n) is 15.6. The van der Waals surface area contributed by atoms with Crippen molar-refractivity contribution in [2.75, 3.05) is 18.6 Å². The average Bonchev–Trinajstić information content (AvgIpc) is 3.15. The molecule has 30 heavy (non-hydrogen) atoms. The molecule has 0 saturated carbocycles. The second-order valence-corrected chi connectivity index (χ2v) is 8.97. The molecule has 1 N–H and O–H groups in total. The number of nitrogens with one attached hydrogen (secondary N) is 1. The molecule has 0 unspecified atom stereocenters. The summed E-state index contributed by atoms with van der Waals surface area (Å²) in [4.78, 5) is 47.6. The third kappa shape index (κ3) is 6.69. The molecule has 160 valence electrons. The Hall–Kier alpha value is -2.14. The Kier molecular flexibility index (Phi) is 9.09. The van der Waals surface area contributed by atoms with E-state index in [9.17, 15) is 24.5 Å². The summed E-state index contributed by atoms with van der Waals surface area (Å²) in [6.07, 6.45) is 2.09. The van der Waals surface area contributed by atoms with Crippen LogP contribution in [-0.4, -0.2) is 47.2 Å². The predicted molar refractivity (Wildman–Crippen MR) is 117 cm³/mol. The number of nitrogens with zero attached hydrogens (tertiary/aromatic N) is 1. The topological polar surface area (TPSA) is 116 Å². The zero-order chi connectivity index (χ0) is 22.3. The number of carbonyl (C=O) groups excluding carboxylic acids is 3. The van der Waals surface area contributed by atoms with E-state index in [-0.39, 0.29) is 22.7 Å². The minimum absolute atomic E-state index is 0.0199. The molecule has 1 amide bonds. The van der Waals surface area contributed by atoms with Gasteiger partial charge in [-0.3, -0.25) is 19.7 Å². The van der Waals surface area contributed by atoms with Gasteiger partial charge in [0.25, 0.3) is 11.6 Å². The number of thiophene rings is 1. The molecule has 0 aliphatic heterocycles. The van der Waals surface area contributed by atoms with Crippen LogP contribution in [0.2, 0.25) is 9.36 Å². The lowest BCUT2D eigenvalue weighted by Gasteiger charge is -2.17. The molecule has 8 nitrogen and oxygen atoms in total. The Bertz CT molecular complexity index is 966. The van der Waals surface area contributed by atoms with Gasteiger partial charge in [-0.1, -0.05) is 23.2 Å². The standard InChI is InChI=1S/C18H16Cl2N2O6S2/c1-29-7-6-13(18(25)28-9-14(23)15-4-5-16(20)30-15)21-17(24)11-3-2-10(22(26)27)8-12(11)19/h2-5,8,13H,6-7,9H2,1H3,(H,21,24)/t13-/m0/s1. The number of halogens is 2. The molecule has 2 rings (SSSR count). The number of carbonyl (C=O) groups is 3. The molecule has 0 aliphatic rings. The summed E-state index contributed by atoms with van der Waals surface area (Å²) in [6.45, 7) is -0.487. The van der Waals surface area contributed by atoms with Crippen molar-refractivity contribution >= 4 is 69.6 Å². The first-order valence-electron chi connectivity index (χ1n) is 8.41. The van der Waals surface area contributed by atoms with Crippen LogP contribution in [0.15, 0.2) is 30.3 Å². The predicted octanol–water partition coefficient (Wildman–Crippen LogP) is 4.24. The Morgan fingerprint density at radius 1 is 1.27 bits per heavy atom. The van der Waals surface area contributed by atoms with E-state index >= 15 is 0 Å². The van der Waals surface area contributed by atoms with Gasteiger partial charge >= 0.3 is 5.97 Å². The number of rotatable bonds is 10. The van der Waals surface area contributed by atoms with Crippen LogP contribution in [0.1, 0.15) is 26.5 Å². The third-order valence-corrected chi connectivity index (χ3v) is 6.03. The van der Waals surface area contributed by atoms with Crippen molar-refractivity contribution < 1.29 is 24.0 Å². The van der Waals surface area contributed by atoms with Crippen LogP contribution in [-0.2, 0) is 9.53 Å². The fraction of sp³-hybridized carbons (Fsp3) is 0.278. The van der Waals surface area contributed by atoms with E-state index < -0.39 is 35.2 Å². The number of hydrogen-bond donors (Lipinski definition) is 1. The fourth-order valence-corrected chi connectivity index (χ4v) is 3.99. The molecular weight excluding hydrogens is 475 g/mol. The van der Waals surface area contributed by atoms with Gasteiger partial charge < -0.3 is 10.1 Å². The molecule has 1 atom stereocenters. The summed E-state index contributed by atoms with van der Waals surface area (Å²) in [5.74, 6) is -1.32. The molecular formula is C18H16Cl2N2O6S2. The molecule has 12 heteroatoms. The maximum atomic E-state index is 12.5. The van der Waals surface area contributed by atoms with Crippen LogP contribution < -0.4 is 5.32 Å². The van der Waals surface area contributed by atoms with E-state index in [1.165, 1.54) is 23.9 Å². The van der Waals surface area contributed by atoms with Gasteiger partial charge in [0.15, 0.2) is 6.61 Å². The van der Waals surface area contributed by atoms with Crippen LogP contribution in [0.25, 0.3) is 0 Å². The lowest BCUT2D eigenvalue weighted by atomic mass is 10.1. The van der Waals surface area contributed by atoms with Gasteiger partial charge in [0.2, 0.25) is 5.78 Å². The van der Waals surface area contributed by atoms with Gasteiger partial charge in [-0.05, 0) is 36.6 Å². The van der Waals surface area contributed by atoms with Crippen molar-refractivity contribution in [3.63, 3.8) is 0 Å². The molecule has 0 bridgehead atoms. The fourth-order valence-electron chi connectivity index (χ4n) is 2.29. The molecule has 1 aromatic carbocycles. The van der Waals surface area contributed by atoms with E-state index in [0.29, 0.717) is 15.0 Å². The minimum atomic E-state index is -1.02. The number of Topliss-reactive ketones (excluding diaryl/α,β-unsaturated/α-hetero) is 1. The zero-order valence-corrected chi connectivity index (χ0v) is 18.7. The normalized spacial score (nSPS) is 11.6. The molecule has 2 aromatic rings. The van der Waals surface area contributed by atoms with Crippen molar-refractivity contribution in [3.05, 3.63) is 60.2 Å². The monoisotopic (exact) mass is 490 g/mol. The van der Waals surface area contributed by atoms with E-state index in [1.54, 1.807) is 6.07 Å². The second kappa shape index (κ2) is 11.3. The first kappa shape index (κ1) is 24.1. The van der Waals surface area contributed by atoms with Crippen LogP contribution in [0.4, 0.5) is 5.69 Å². The number of thioether (sulfide) groups is 1. The summed E-state index contributed by atoms with van der Waals surface area (Å²) >= 11 is 14.3. The maximum absolute atomic E-state index is 12.5. The highest BCUT2D eigenvalue weighted by Gasteiger charge is 2.25. The largest absolute Gasteiger partial charge is 0.456 e. The van der Waals surface area contributed by atoms with Crippen LogP contribution >= 0.6 is 46.3 Å². The number of amides is 1. The molecule has 0 saturated heterocycles. The van der Waals surface area contributed by atoms with Crippen LogP contribution in [0.3, 0.4) is 0 Å². The quantitative estimate of drug-likeness (QED) is 0.229. The summed E-state index contributed by atoms with van der Waals surface area (Å²) in [5.41, 5.74) is -0.282. The number of nitro benzene ring substituents is 1. The van der Waals surface area contributed by atoms with Gasteiger partial charge in [0, 0.05) is 12.1 Å². The van der Waals surface area contributed by atoms with E-state index in [2.05, 4.69) is 5.32 Å². The van der Waals surface area contributed by atoms with Crippen molar-refractivity contribution in [2.24, 2.45) is 0 Å². The number of ether oxygens (including phenoxy) is 1. The lowest BCUT2D eigenvalue weighted by Crippen LogP contribution is -2.42. The highest BCUT2D eigenvalue weighted by atomic mass is 35.5. The molecule has 0 spiro atoms. The Balaban J connectivity index is 2.05. The highest BCUT2D eigenvalue weighted by Crippen LogP contribution is 2.23. The van der Waals surface area contributed by atoms with Gasteiger partial charge in [0.05, 0.1) is 24.7 Å². The number of nitro groups is 1. The lowest BCUT2D eigenvalue weighted by molar-refractivity contribution is -0.384. The van der Waals surface area contributed by atoms with Crippen molar-refractivity contribution in [1.82, 2.24) is 5.32 Å². The molecule has 1 aromatic heterocycles. The molecule has 0 aliphatic carbocycles. The van der Waals surface area contributed by atoms with Gasteiger partial charge in [-0.2, -0.15) is 11.8 Å². The van der Waals surface area contributed by atoms with Crippen LogP contribution in [0.5, 0.6) is 0 Å². The highest BCUT2D eigenvalue weighted by molar-refractivity contribution is 7.98. The summed E-state index contributed by atoms with van der Waals surface area (Å²) < 4.78 is 5.51. The maximum Gasteiger partial charge on any atom is 0.329 e. The molecule has 0 radical (unpaired) electrons. The summed E-state index contributed by atoms with van der Waals surface area (Å²) in [7, 11) is 0. The molecule has 1 heterocycles. The minimum Gasteiger partial charge on any atom is -0.456 e. The Morgan fingerprint density at radius 2 is 2.00 bits per heavy atom. The van der Waals surface area contributed by atoms with E-state index in [4.69, 9.17) is 27.9 Å². The number of hydrogen-bond acceptors (Lipinski definition) is 8. The summed E-state index contributed by atoms with van der Waals surface area (Å²) in [5, 5.41) is 13.2. The van der Waals surface area contributed by atoms with Gasteiger partial charge in [0.1, 0.15) is 6.04 Å². The van der Waals surface area contributed by atoms with Crippen molar-refractivity contribution in [2.45, 2.75) is 12.5 Å². The van der Waals surface area contributed by atoms with Gasteiger partial charge in [-0.25, -0.2) is 4.79 Å². The van der Waals surface area contributed by atoms with E-state index in [0.717, 1.165) is 23.5 Å². The number of ketones is 1. The SMILES string of the molecule is CSCC[C@H](NC(=O)c1ccc([N+](=O)[O-])cc1Cl)C(=O)OCC(=O)c1ccc(Cl)s1. The average molecular weight is 491 g/mol. The van der Waals surface area contributed by atoms with Crippen molar-refractivity contribution in [3.8, 4) is 0 Å². The van der Waals surface area contributed by atoms with E-state index in [1.807, 2.05) is 6.26 Å². The summed E-state index contributed by atoms with van der Waals surface area (Å²) in [6, 6.07) is 5.48. The van der Waals surface area contributed by atoms with Gasteiger partial charge in [-0.15, -0.1) is 11.3 Å². The second-order valence-electron chi connectivity index (χ2n) is 5.86.